The van der Waals surface area contributed by atoms with Crippen LogP contribution in [0.15, 0.2) is 76.9 Å². The van der Waals surface area contributed by atoms with E-state index in [0.29, 0.717) is 17.1 Å². The van der Waals surface area contributed by atoms with E-state index in [2.05, 4.69) is 21.2 Å². The lowest BCUT2D eigenvalue weighted by atomic mass is 9.96. The van der Waals surface area contributed by atoms with Gasteiger partial charge in [0.15, 0.2) is 0 Å². The Morgan fingerprint density at radius 2 is 1.88 bits per heavy atom. The minimum atomic E-state index is -1.22. The third-order valence-corrected chi connectivity index (χ3v) is 6.21. The van der Waals surface area contributed by atoms with Crippen molar-refractivity contribution in [1.82, 2.24) is 5.32 Å². The summed E-state index contributed by atoms with van der Waals surface area (Å²) in [6.45, 7) is 3.75. The molecule has 0 fully saturated rings. The van der Waals surface area contributed by atoms with Crippen LogP contribution in [0.2, 0.25) is 0 Å². The molecule has 0 saturated heterocycles. The van der Waals surface area contributed by atoms with Crippen LogP contribution in [0, 0.1) is 0 Å². The molecule has 3 aromatic rings. The van der Waals surface area contributed by atoms with Gasteiger partial charge in [-0.1, -0.05) is 36.4 Å². The van der Waals surface area contributed by atoms with E-state index in [-0.39, 0.29) is 11.8 Å². The van der Waals surface area contributed by atoms with Crippen LogP contribution >= 0.6 is 15.9 Å². The Morgan fingerprint density at radius 3 is 2.59 bits per heavy atom. The number of carboxylic acids is 1. The first-order valence-electron chi connectivity index (χ1n) is 10.9. The van der Waals surface area contributed by atoms with E-state index < -0.39 is 17.8 Å². The van der Waals surface area contributed by atoms with Gasteiger partial charge in [-0.05, 0) is 82.9 Å². The maximum atomic E-state index is 12.8. The zero-order chi connectivity index (χ0) is 24.2. The van der Waals surface area contributed by atoms with E-state index in [0.717, 1.165) is 27.8 Å². The number of halogens is 1. The van der Waals surface area contributed by atoms with Crippen LogP contribution in [-0.4, -0.2) is 23.1 Å². The molecule has 34 heavy (non-hydrogen) atoms. The van der Waals surface area contributed by atoms with Crippen LogP contribution in [-0.2, 0) is 16.0 Å². The molecule has 1 aliphatic rings. The summed E-state index contributed by atoms with van der Waals surface area (Å²) in [4.78, 5) is 24.6. The number of benzene rings is 3. The summed E-state index contributed by atoms with van der Waals surface area (Å²) >= 11 is 3.44. The smallest absolute Gasteiger partial charge is 0.352 e. The van der Waals surface area contributed by atoms with Gasteiger partial charge in [0.1, 0.15) is 29.0 Å². The fraction of sp³-hybridized carbons (Fsp3) is 0.185. The molecule has 0 aromatic heterocycles. The number of hydrogen-bond donors (Lipinski definition) is 2. The van der Waals surface area contributed by atoms with Gasteiger partial charge in [0.25, 0.3) is 0 Å². The number of carbonyl (C=O) groups excluding carboxylic acids is 1. The second-order valence-corrected chi connectivity index (χ2v) is 9.03. The highest BCUT2D eigenvalue weighted by molar-refractivity contribution is 9.10. The number of carboxylic acid groups (broad SMARTS) is 1. The third-order valence-electron chi connectivity index (χ3n) is 5.56. The predicted octanol–water partition coefficient (Wildman–Crippen LogP) is 5.91. The summed E-state index contributed by atoms with van der Waals surface area (Å²) < 4.78 is 12.4. The summed E-state index contributed by atoms with van der Waals surface area (Å²) in [5, 5.41) is 12.2. The Hall–Kier alpha value is -3.58. The molecule has 0 aliphatic carbocycles. The minimum absolute atomic E-state index is 0.113. The molecule has 6 nitrogen and oxygen atoms in total. The van der Waals surface area contributed by atoms with Crippen molar-refractivity contribution in [3.8, 4) is 17.2 Å². The Labute approximate surface area is 206 Å². The summed E-state index contributed by atoms with van der Waals surface area (Å²) in [5.74, 6) is -0.0230. The average molecular weight is 522 g/mol. The molecule has 1 aliphatic heterocycles. The summed E-state index contributed by atoms with van der Waals surface area (Å²) in [6, 6.07) is 20.1. The van der Waals surface area contributed by atoms with Gasteiger partial charge in [0.2, 0.25) is 5.91 Å². The van der Waals surface area contributed by atoms with Crippen LogP contribution in [0.3, 0.4) is 0 Å². The topological polar surface area (TPSA) is 84.9 Å². The number of rotatable bonds is 7. The van der Waals surface area contributed by atoms with Crippen molar-refractivity contribution in [3.63, 3.8) is 0 Å². The van der Waals surface area contributed by atoms with Crippen molar-refractivity contribution in [2.45, 2.75) is 32.3 Å². The highest BCUT2D eigenvalue weighted by Crippen LogP contribution is 2.32. The van der Waals surface area contributed by atoms with Crippen LogP contribution in [0.1, 0.15) is 36.5 Å². The number of hydrogen-bond acceptors (Lipinski definition) is 4. The molecule has 2 unspecified atom stereocenters. The fourth-order valence-electron chi connectivity index (χ4n) is 3.71. The summed E-state index contributed by atoms with van der Waals surface area (Å²) in [5.41, 5.74) is 2.29. The number of para-hydroxylation sites is 1. The van der Waals surface area contributed by atoms with Crippen LogP contribution < -0.4 is 14.8 Å². The van der Waals surface area contributed by atoms with E-state index in [1.807, 2.05) is 49.4 Å². The van der Waals surface area contributed by atoms with E-state index >= 15 is 0 Å². The van der Waals surface area contributed by atoms with Gasteiger partial charge in [-0.25, -0.2) is 4.79 Å². The number of aliphatic carboxylic acids is 1. The monoisotopic (exact) mass is 521 g/mol. The second kappa shape index (κ2) is 10.1. The quantitative estimate of drug-likeness (QED) is 0.377. The number of nitrogens with one attached hydrogen (secondary N) is 1. The highest BCUT2D eigenvalue weighted by atomic mass is 79.9. The zero-order valence-corrected chi connectivity index (χ0v) is 20.3. The van der Waals surface area contributed by atoms with Crippen molar-refractivity contribution in [3.05, 3.63) is 93.6 Å². The number of carbonyl (C=O) groups is 2. The lowest BCUT2D eigenvalue weighted by Gasteiger charge is -2.14. The van der Waals surface area contributed by atoms with Crippen molar-refractivity contribution in [1.29, 1.82) is 0 Å². The first-order chi connectivity index (χ1) is 16.3. The SMILES string of the molecule is CC1Cc2cc(C(C)C(=O)N/C(=C\c3ccc(Oc4ccccc4Br)cc3)C(=O)O)ccc2O1. The minimum Gasteiger partial charge on any atom is -0.490 e. The van der Waals surface area contributed by atoms with Gasteiger partial charge < -0.3 is 19.9 Å². The van der Waals surface area contributed by atoms with Gasteiger partial charge >= 0.3 is 5.97 Å². The normalized spacial score (nSPS) is 15.7. The van der Waals surface area contributed by atoms with E-state index in [1.54, 1.807) is 31.2 Å². The molecule has 0 bridgehead atoms. The van der Waals surface area contributed by atoms with Gasteiger partial charge in [-0.3, -0.25) is 4.79 Å². The highest BCUT2D eigenvalue weighted by Gasteiger charge is 2.23. The van der Waals surface area contributed by atoms with Crippen molar-refractivity contribution in [2.24, 2.45) is 0 Å². The van der Waals surface area contributed by atoms with E-state index in [9.17, 15) is 14.7 Å². The van der Waals surface area contributed by atoms with Crippen LogP contribution in [0.25, 0.3) is 6.08 Å². The maximum Gasteiger partial charge on any atom is 0.352 e. The first kappa shape index (κ1) is 23.6. The number of fused-ring (bicyclic) bond motifs is 1. The molecular formula is C27H24BrNO5. The molecule has 4 rings (SSSR count). The summed E-state index contributed by atoms with van der Waals surface area (Å²) in [6.07, 6.45) is 2.33. The van der Waals surface area contributed by atoms with Gasteiger partial charge in [0, 0.05) is 6.42 Å². The van der Waals surface area contributed by atoms with Gasteiger partial charge in [0.05, 0.1) is 10.4 Å². The molecule has 2 atom stereocenters. The summed E-state index contributed by atoms with van der Waals surface area (Å²) in [7, 11) is 0. The van der Waals surface area contributed by atoms with E-state index in [1.165, 1.54) is 6.08 Å². The Morgan fingerprint density at radius 1 is 1.15 bits per heavy atom. The van der Waals surface area contributed by atoms with Gasteiger partial charge in [-0.15, -0.1) is 0 Å². The molecule has 1 amide bonds. The van der Waals surface area contributed by atoms with E-state index in [4.69, 9.17) is 9.47 Å². The molecule has 1 heterocycles. The van der Waals surface area contributed by atoms with Crippen molar-refractivity contribution in [2.75, 3.05) is 0 Å². The van der Waals surface area contributed by atoms with Crippen molar-refractivity contribution < 1.29 is 24.2 Å². The number of ether oxygens (including phenoxy) is 2. The second-order valence-electron chi connectivity index (χ2n) is 8.18. The standard InChI is InChI=1S/C27H24BrNO5/c1-16-13-20-15-19(9-12-24(20)33-16)17(2)26(30)29-23(27(31)32)14-18-7-10-21(11-8-18)34-25-6-4-3-5-22(25)28/h3-12,14-17H,13H2,1-2H3,(H,29,30)(H,31,32)/b23-14-. The first-order valence-corrected chi connectivity index (χ1v) is 11.7. The molecule has 0 radical (unpaired) electrons. The molecule has 174 valence electrons. The van der Waals surface area contributed by atoms with Crippen LogP contribution in [0.4, 0.5) is 0 Å². The molecule has 0 spiro atoms. The zero-order valence-electron chi connectivity index (χ0n) is 18.7. The Balaban J connectivity index is 1.46. The average Bonchev–Trinajstić information content (AvgIpc) is 3.19. The largest absolute Gasteiger partial charge is 0.490 e. The fourth-order valence-corrected chi connectivity index (χ4v) is 4.07. The van der Waals surface area contributed by atoms with Gasteiger partial charge in [-0.2, -0.15) is 0 Å². The Kier molecular flexibility index (Phi) is 7.03. The molecule has 7 heteroatoms. The van der Waals surface area contributed by atoms with Crippen LogP contribution in [0.5, 0.6) is 17.2 Å². The molecule has 0 saturated carbocycles. The molecular weight excluding hydrogens is 498 g/mol. The number of amides is 1. The predicted molar refractivity (Wildman–Crippen MR) is 133 cm³/mol. The third kappa shape index (κ3) is 5.48. The lowest BCUT2D eigenvalue weighted by molar-refractivity contribution is -0.134. The maximum absolute atomic E-state index is 12.8. The van der Waals surface area contributed by atoms with Crippen molar-refractivity contribution >= 4 is 33.9 Å². The molecule has 3 aromatic carbocycles. The lowest BCUT2D eigenvalue weighted by Crippen LogP contribution is -2.30. The molecule has 2 N–H and O–H groups in total. The Bertz CT molecular complexity index is 1250.